The van der Waals surface area contributed by atoms with Crippen LogP contribution in [0.2, 0.25) is 0 Å². The molecule has 5 heteroatoms. The highest BCUT2D eigenvalue weighted by molar-refractivity contribution is 6.09. The Morgan fingerprint density at radius 3 is 2.46 bits per heavy atom. The van der Waals surface area contributed by atoms with Crippen molar-refractivity contribution in [3.05, 3.63) is 132 Å². The first-order valence-electron chi connectivity index (χ1n) is 16.3. The van der Waals surface area contributed by atoms with E-state index in [9.17, 15) is 0 Å². The summed E-state index contributed by atoms with van der Waals surface area (Å²) < 4.78 is 10.7. The summed E-state index contributed by atoms with van der Waals surface area (Å²) in [7, 11) is 0. The molecule has 3 heterocycles. The smallest absolute Gasteiger partial charge is 0.137 e. The molecule has 0 spiro atoms. The molecular formula is C41H40N4O. The molecule has 7 rings (SSSR count). The van der Waals surface area contributed by atoms with Crippen molar-refractivity contribution < 1.29 is 4.74 Å². The number of aromatic nitrogens is 4. The minimum atomic E-state index is 0.633. The fraction of sp³-hybridized carbons (Fsp3) is 0.220. The van der Waals surface area contributed by atoms with Crippen LogP contribution < -0.4 is 4.74 Å². The third-order valence-corrected chi connectivity index (χ3v) is 8.60. The summed E-state index contributed by atoms with van der Waals surface area (Å²) in [6.45, 7) is 11.1. The second-order valence-corrected chi connectivity index (χ2v) is 12.8. The fourth-order valence-electron chi connectivity index (χ4n) is 6.73. The first-order chi connectivity index (χ1) is 22.4. The number of pyridine rings is 1. The van der Waals surface area contributed by atoms with E-state index in [4.69, 9.17) is 14.8 Å². The number of fused-ring (bicyclic) bond motifs is 3. The van der Waals surface area contributed by atoms with Gasteiger partial charge in [-0.25, -0.2) is 9.67 Å². The second kappa shape index (κ2) is 12.3. The van der Waals surface area contributed by atoms with E-state index in [1.54, 1.807) is 0 Å². The number of benzene rings is 4. The SMILES string of the molecule is CCCc1cc(CC(C)C)cc(C)c1-c1cnn(-c2cccc(Oc3ccc4c5ccccc5n(-c5cc(C)ccn5)c4c3)c2)c1. The molecule has 0 amide bonds. The van der Waals surface area contributed by atoms with Crippen LogP contribution in [0.15, 0.2) is 110 Å². The topological polar surface area (TPSA) is 44.9 Å². The summed E-state index contributed by atoms with van der Waals surface area (Å²) in [6, 6.07) is 31.8. The van der Waals surface area contributed by atoms with E-state index in [0.29, 0.717) is 5.92 Å². The largest absolute Gasteiger partial charge is 0.457 e. The minimum absolute atomic E-state index is 0.633. The van der Waals surface area contributed by atoms with E-state index >= 15 is 0 Å². The van der Waals surface area contributed by atoms with E-state index in [2.05, 4.69) is 106 Å². The Balaban J connectivity index is 1.22. The maximum absolute atomic E-state index is 6.49. The quantitative estimate of drug-likeness (QED) is 0.165. The monoisotopic (exact) mass is 604 g/mol. The number of para-hydroxylation sites is 1. The zero-order valence-corrected chi connectivity index (χ0v) is 27.3. The lowest BCUT2D eigenvalue weighted by atomic mass is 9.90. The zero-order chi connectivity index (χ0) is 31.8. The molecule has 0 aliphatic carbocycles. The van der Waals surface area contributed by atoms with Crippen LogP contribution in [0.4, 0.5) is 0 Å². The van der Waals surface area contributed by atoms with Crippen LogP contribution in [-0.4, -0.2) is 19.3 Å². The average molecular weight is 605 g/mol. The Labute approximate surface area is 271 Å². The van der Waals surface area contributed by atoms with Gasteiger partial charge >= 0.3 is 0 Å². The van der Waals surface area contributed by atoms with Crippen LogP contribution in [0, 0.1) is 19.8 Å². The Bertz CT molecular complexity index is 2190. The van der Waals surface area contributed by atoms with Gasteiger partial charge in [0, 0.05) is 40.9 Å². The molecule has 0 N–H and O–H groups in total. The summed E-state index contributed by atoms with van der Waals surface area (Å²) in [6.07, 6.45) is 9.26. The van der Waals surface area contributed by atoms with Crippen molar-refractivity contribution >= 4 is 21.8 Å². The molecule has 0 bridgehead atoms. The molecule has 7 aromatic rings. The van der Waals surface area contributed by atoms with Crippen LogP contribution >= 0.6 is 0 Å². The highest BCUT2D eigenvalue weighted by Crippen LogP contribution is 2.36. The summed E-state index contributed by atoms with van der Waals surface area (Å²) in [5.41, 5.74) is 10.9. The molecule has 0 aliphatic rings. The van der Waals surface area contributed by atoms with Crippen LogP contribution in [-0.2, 0) is 12.8 Å². The van der Waals surface area contributed by atoms with Gasteiger partial charge in [0.25, 0.3) is 0 Å². The van der Waals surface area contributed by atoms with Gasteiger partial charge in [-0.1, -0.05) is 63.6 Å². The van der Waals surface area contributed by atoms with Gasteiger partial charge in [-0.2, -0.15) is 5.10 Å². The third kappa shape index (κ3) is 5.69. The average Bonchev–Trinajstić information content (AvgIpc) is 3.64. The molecule has 4 aromatic carbocycles. The van der Waals surface area contributed by atoms with Crippen molar-refractivity contribution in [2.24, 2.45) is 5.92 Å². The molecule has 0 aliphatic heterocycles. The van der Waals surface area contributed by atoms with E-state index in [1.165, 1.54) is 38.6 Å². The lowest BCUT2D eigenvalue weighted by molar-refractivity contribution is 0.483. The summed E-state index contributed by atoms with van der Waals surface area (Å²) in [4.78, 5) is 4.71. The third-order valence-electron chi connectivity index (χ3n) is 8.60. The van der Waals surface area contributed by atoms with E-state index in [0.717, 1.165) is 58.9 Å². The standard InChI is InChI=1S/C41H40N4O/c1-6-10-31-22-30(19-27(2)3)21-29(5)41(31)32-25-43-44(26-32)33-11-9-12-34(23-33)46-35-15-16-37-36-13-7-8-14-38(36)45(39(37)24-35)40-20-28(4)17-18-42-40/h7-9,11-18,20-27H,6,10,19H2,1-5H3. The Morgan fingerprint density at radius 1 is 0.804 bits per heavy atom. The van der Waals surface area contributed by atoms with Gasteiger partial charge in [0.05, 0.1) is 22.9 Å². The molecule has 230 valence electrons. The number of hydrogen-bond acceptors (Lipinski definition) is 3. The van der Waals surface area contributed by atoms with E-state index in [-0.39, 0.29) is 0 Å². The number of aryl methyl sites for hydroxylation is 3. The lowest BCUT2D eigenvalue weighted by Gasteiger charge is -2.15. The number of nitrogens with zero attached hydrogens (tertiary/aromatic N) is 4. The van der Waals surface area contributed by atoms with Crippen molar-refractivity contribution in [3.8, 4) is 34.1 Å². The van der Waals surface area contributed by atoms with Crippen LogP contribution in [0.1, 0.15) is 49.4 Å². The normalized spacial score (nSPS) is 11.6. The molecule has 46 heavy (non-hydrogen) atoms. The van der Waals surface area contributed by atoms with Gasteiger partial charge in [-0.15, -0.1) is 0 Å². The van der Waals surface area contributed by atoms with Crippen molar-refractivity contribution in [1.29, 1.82) is 0 Å². The highest BCUT2D eigenvalue weighted by Gasteiger charge is 2.16. The van der Waals surface area contributed by atoms with Crippen LogP contribution in [0.5, 0.6) is 11.5 Å². The molecule has 0 fully saturated rings. The molecule has 0 atom stereocenters. The van der Waals surface area contributed by atoms with Gasteiger partial charge in [-0.05, 0) is 103 Å². The van der Waals surface area contributed by atoms with Gasteiger partial charge < -0.3 is 4.74 Å². The Morgan fingerprint density at radius 2 is 1.63 bits per heavy atom. The maximum atomic E-state index is 6.49. The van der Waals surface area contributed by atoms with Crippen LogP contribution in [0.3, 0.4) is 0 Å². The molecule has 3 aromatic heterocycles. The first-order valence-corrected chi connectivity index (χ1v) is 16.3. The molecule has 0 saturated carbocycles. The first kappa shape index (κ1) is 29.5. The molecule has 5 nitrogen and oxygen atoms in total. The Kier molecular flexibility index (Phi) is 7.91. The molecule has 0 saturated heterocycles. The summed E-state index contributed by atoms with van der Waals surface area (Å²) >= 11 is 0. The highest BCUT2D eigenvalue weighted by atomic mass is 16.5. The molecule has 0 radical (unpaired) electrons. The van der Waals surface area contributed by atoms with E-state index < -0.39 is 0 Å². The van der Waals surface area contributed by atoms with Gasteiger partial charge in [0.15, 0.2) is 0 Å². The summed E-state index contributed by atoms with van der Waals surface area (Å²) in [5, 5.41) is 7.15. The molecule has 0 unspecified atom stereocenters. The number of ether oxygens (including phenoxy) is 1. The lowest BCUT2D eigenvalue weighted by Crippen LogP contribution is -2.00. The van der Waals surface area contributed by atoms with Crippen molar-refractivity contribution in [1.82, 2.24) is 19.3 Å². The number of hydrogen-bond donors (Lipinski definition) is 0. The second-order valence-electron chi connectivity index (χ2n) is 12.8. The van der Waals surface area contributed by atoms with Crippen molar-refractivity contribution in [2.45, 2.75) is 53.9 Å². The predicted molar refractivity (Wildman–Crippen MR) is 190 cm³/mol. The summed E-state index contributed by atoms with van der Waals surface area (Å²) in [5.74, 6) is 3.05. The van der Waals surface area contributed by atoms with Gasteiger partial charge in [0.2, 0.25) is 0 Å². The van der Waals surface area contributed by atoms with Crippen LogP contribution in [0.25, 0.3) is 44.4 Å². The Hall–Kier alpha value is -5.16. The fourth-order valence-corrected chi connectivity index (χ4v) is 6.73. The number of rotatable bonds is 9. The molecular weight excluding hydrogens is 564 g/mol. The van der Waals surface area contributed by atoms with Gasteiger partial charge in [0.1, 0.15) is 17.3 Å². The predicted octanol–water partition coefficient (Wildman–Crippen LogP) is 10.6. The van der Waals surface area contributed by atoms with E-state index in [1.807, 2.05) is 47.4 Å². The van der Waals surface area contributed by atoms with Crippen molar-refractivity contribution in [3.63, 3.8) is 0 Å². The maximum Gasteiger partial charge on any atom is 0.137 e. The van der Waals surface area contributed by atoms with Gasteiger partial charge in [-0.3, -0.25) is 4.57 Å². The zero-order valence-electron chi connectivity index (χ0n) is 27.3. The minimum Gasteiger partial charge on any atom is -0.457 e. The van der Waals surface area contributed by atoms with Crippen molar-refractivity contribution in [2.75, 3.05) is 0 Å².